The van der Waals surface area contributed by atoms with Crippen molar-refractivity contribution in [2.75, 3.05) is 0 Å². The first-order valence-corrected chi connectivity index (χ1v) is 44.7. The summed E-state index contributed by atoms with van der Waals surface area (Å²) < 4.78 is 18.0. The summed E-state index contributed by atoms with van der Waals surface area (Å²) in [6.45, 7) is 0. The quantitative estimate of drug-likeness (QED) is 0.134. The molecule has 28 aromatic rings. The zero-order valence-corrected chi connectivity index (χ0v) is 70.5. The highest BCUT2D eigenvalue weighted by Gasteiger charge is 2.26. The van der Waals surface area contributed by atoms with Gasteiger partial charge in [-0.15, -0.1) is 11.3 Å². The molecule has 8 heterocycles. The van der Waals surface area contributed by atoms with Crippen LogP contribution in [0.25, 0.3) is 264 Å². The number of rotatable bonds is 10. The van der Waals surface area contributed by atoms with Gasteiger partial charge in [-0.05, 0) is 187 Å². The van der Waals surface area contributed by atoms with E-state index in [9.17, 15) is 0 Å². The van der Waals surface area contributed by atoms with E-state index in [2.05, 4.69) is 431 Å². The van der Waals surface area contributed by atoms with Gasteiger partial charge < -0.3 is 13.6 Å². The number of benzene rings is 20. The lowest BCUT2D eigenvalue weighted by Gasteiger charge is -2.13. The van der Waals surface area contributed by atoms with E-state index in [4.69, 9.17) is 34.3 Å². The van der Waals surface area contributed by atoms with E-state index in [1.54, 1.807) is 0 Å². The van der Waals surface area contributed by atoms with Gasteiger partial charge in [0.25, 0.3) is 0 Å². The molecule has 20 aromatic carbocycles. The fraction of sp³-hybridized carbons (Fsp3) is 0. The van der Waals surface area contributed by atoms with Gasteiger partial charge in [-0.1, -0.05) is 303 Å². The van der Waals surface area contributed by atoms with Gasteiger partial charge >= 0.3 is 0 Å². The summed E-state index contributed by atoms with van der Waals surface area (Å²) in [5.41, 5.74) is 21.3. The van der Waals surface area contributed by atoms with Crippen molar-refractivity contribution in [3.05, 3.63) is 425 Å². The molecule has 12 heteroatoms. The highest BCUT2D eigenvalue weighted by Crippen LogP contribution is 2.46. The number of para-hydroxylation sites is 5. The van der Waals surface area contributed by atoms with E-state index in [1.807, 2.05) is 23.5 Å². The second-order valence-corrected chi connectivity index (χ2v) is 34.7. The Labute approximate surface area is 746 Å². The molecule has 604 valence electrons. The minimum absolute atomic E-state index is 0.570. The molecule has 0 aliphatic heterocycles. The Balaban J connectivity index is 0.000000134. The Kier molecular flexibility index (Phi) is 16.4. The molecule has 11 nitrogen and oxygen atoms in total. The Morgan fingerprint density at radius 2 is 0.462 bits per heavy atom. The average Bonchev–Trinajstić information content (AvgIpc) is 1.55. The summed E-state index contributed by atoms with van der Waals surface area (Å²) in [6, 6.07) is 151. The van der Waals surface area contributed by atoms with Crippen molar-refractivity contribution >= 4 is 184 Å². The van der Waals surface area contributed by atoms with Crippen LogP contribution in [0.5, 0.6) is 0 Å². The largest absolute Gasteiger partial charge is 0.456 e. The zero-order chi connectivity index (χ0) is 85.2. The third kappa shape index (κ3) is 11.6. The molecule has 0 aliphatic rings. The van der Waals surface area contributed by atoms with Crippen molar-refractivity contribution in [1.29, 1.82) is 0 Å². The fourth-order valence-electron chi connectivity index (χ4n) is 20.4. The number of hydrogen-bond donors (Lipinski definition) is 0. The van der Waals surface area contributed by atoms with Crippen LogP contribution in [0.1, 0.15) is 0 Å². The van der Waals surface area contributed by atoms with E-state index < -0.39 is 0 Å². The highest BCUT2D eigenvalue weighted by molar-refractivity contribution is 7.25. The monoisotopic (exact) mass is 1670 g/mol. The third-order valence-corrected chi connectivity index (χ3v) is 27.5. The first-order valence-electron chi connectivity index (χ1n) is 43.9. The molecule has 0 saturated heterocycles. The predicted octanol–water partition coefficient (Wildman–Crippen LogP) is 31.0. The van der Waals surface area contributed by atoms with Crippen molar-refractivity contribution in [1.82, 2.24) is 48.2 Å². The van der Waals surface area contributed by atoms with Crippen LogP contribution in [-0.4, -0.2) is 48.2 Å². The third-order valence-electron chi connectivity index (χ3n) is 26.4. The van der Waals surface area contributed by atoms with E-state index >= 15 is 0 Å². The van der Waals surface area contributed by atoms with Gasteiger partial charge in [0.05, 0.1) is 44.1 Å². The summed E-state index contributed by atoms with van der Waals surface area (Å²) in [6.07, 6.45) is 0. The Bertz CT molecular complexity index is 8870. The number of thiophene rings is 1. The van der Waals surface area contributed by atoms with Gasteiger partial charge in [-0.2, -0.15) is 19.9 Å². The van der Waals surface area contributed by atoms with E-state index in [1.165, 1.54) is 58.4 Å². The van der Waals surface area contributed by atoms with Gasteiger partial charge in [0.2, 0.25) is 11.9 Å². The van der Waals surface area contributed by atoms with Gasteiger partial charge in [0.1, 0.15) is 11.2 Å². The fourth-order valence-corrected chi connectivity index (χ4v) is 21.5. The standard InChI is InChI=1S/C59H35N5O.C59H35N5S/c2*1-3-17-41-36(13-1)15-11-22-46(41)57-60-58(47-23-12-16-37-14-2-4-18-42(37)47)62-59(61-57)64-52-25-9-6-20-44(52)49-34-39(28-31-54(49)64)38-27-30-53-48(33-38)43-19-5-8-24-51(43)63(53)40-29-32-56-50(35-40)45-21-7-10-26-55(45)65-56/h2*1-35H. The first kappa shape index (κ1) is 73.1. The zero-order valence-electron chi connectivity index (χ0n) is 69.7. The molecule has 0 atom stereocenters. The Morgan fingerprint density at radius 3 is 0.862 bits per heavy atom. The number of fused-ring (bicyclic) bond motifs is 22. The topological polar surface area (TPSA) is 110 Å². The smallest absolute Gasteiger partial charge is 0.238 e. The van der Waals surface area contributed by atoms with E-state index in [-0.39, 0.29) is 0 Å². The molecule has 0 N–H and O–H groups in total. The molecule has 0 unspecified atom stereocenters. The summed E-state index contributed by atoms with van der Waals surface area (Å²) in [5, 5.41) is 23.1. The molecule has 0 fully saturated rings. The number of hydrogen-bond acceptors (Lipinski definition) is 8. The molecule has 8 aromatic heterocycles. The normalized spacial score (nSPS) is 12.0. The second-order valence-electron chi connectivity index (χ2n) is 33.6. The first-order chi connectivity index (χ1) is 64.4. The van der Waals surface area contributed by atoms with Crippen molar-refractivity contribution in [2.45, 2.75) is 0 Å². The van der Waals surface area contributed by atoms with Crippen molar-refractivity contribution in [3.63, 3.8) is 0 Å². The molecule has 0 bridgehead atoms. The second kappa shape index (κ2) is 29.1. The maximum absolute atomic E-state index is 6.20. The summed E-state index contributed by atoms with van der Waals surface area (Å²) in [7, 11) is 0. The average molecular weight is 1680 g/mol. The van der Waals surface area contributed by atoms with Crippen molar-refractivity contribution in [3.8, 4) is 91.1 Å². The number of nitrogens with zero attached hydrogens (tertiary/aromatic N) is 10. The van der Waals surface area contributed by atoms with Gasteiger partial charge in [-0.3, -0.25) is 9.13 Å². The van der Waals surface area contributed by atoms with Crippen LogP contribution in [0.2, 0.25) is 0 Å². The molecule has 0 amide bonds. The summed E-state index contributed by atoms with van der Waals surface area (Å²) in [4.78, 5) is 31.8. The van der Waals surface area contributed by atoms with Crippen LogP contribution >= 0.6 is 11.3 Å². The molecule has 0 radical (unpaired) electrons. The van der Waals surface area contributed by atoms with Crippen molar-refractivity contribution < 1.29 is 4.42 Å². The molecular weight excluding hydrogens is 1610 g/mol. The van der Waals surface area contributed by atoms with Crippen molar-refractivity contribution in [2.24, 2.45) is 0 Å². The number of aromatic nitrogens is 10. The van der Waals surface area contributed by atoms with Crippen LogP contribution in [0.3, 0.4) is 0 Å². The van der Waals surface area contributed by atoms with Gasteiger partial charge in [0.15, 0.2) is 23.3 Å². The SMILES string of the molecule is c1ccc2c(-c3nc(-c4cccc5ccccc45)nc(-n4c5ccccc5c5cc(-c6ccc7c(c6)c6ccccc6n7-c6ccc7oc8ccccc8c7c6)ccc54)n3)cccc2c1.c1ccc2c(-c3nc(-c4cccc5ccccc45)nc(-n4c5ccccc5c5cc(-c6ccc7c(c6)c6ccccc6n7-c6ccc7sc8ccccc8c7c6)ccc54)n3)cccc2c1. The Hall–Kier alpha value is -17.3. The minimum atomic E-state index is 0.570. The lowest BCUT2D eigenvalue weighted by Crippen LogP contribution is -2.06. The van der Waals surface area contributed by atoms with E-state index in [0.29, 0.717) is 35.2 Å². The maximum Gasteiger partial charge on any atom is 0.238 e. The maximum atomic E-state index is 6.20. The minimum Gasteiger partial charge on any atom is -0.456 e. The predicted molar refractivity (Wildman–Crippen MR) is 540 cm³/mol. The van der Waals surface area contributed by atoms with Gasteiger partial charge in [-0.25, -0.2) is 9.97 Å². The molecular formula is C118H70N10OS. The molecule has 0 spiro atoms. The van der Waals surface area contributed by atoms with Gasteiger partial charge in [0, 0.05) is 108 Å². The van der Waals surface area contributed by atoms with Crippen LogP contribution in [0, 0.1) is 0 Å². The molecule has 130 heavy (non-hydrogen) atoms. The van der Waals surface area contributed by atoms with Crippen LogP contribution in [0.4, 0.5) is 0 Å². The lowest BCUT2D eigenvalue weighted by molar-refractivity contribution is 0.669. The van der Waals surface area contributed by atoms with Crippen LogP contribution in [-0.2, 0) is 0 Å². The van der Waals surface area contributed by atoms with E-state index in [0.717, 1.165) is 170 Å². The summed E-state index contributed by atoms with van der Waals surface area (Å²) >= 11 is 1.85. The number of furan rings is 1. The highest BCUT2D eigenvalue weighted by atomic mass is 32.1. The molecule has 0 saturated carbocycles. The Morgan fingerprint density at radius 1 is 0.177 bits per heavy atom. The van der Waals surface area contributed by atoms with Crippen LogP contribution in [0.15, 0.2) is 429 Å². The molecule has 0 aliphatic carbocycles. The lowest BCUT2D eigenvalue weighted by atomic mass is 10.0. The van der Waals surface area contributed by atoms with Crippen LogP contribution < -0.4 is 0 Å². The summed E-state index contributed by atoms with van der Waals surface area (Å²) in [5.74, 6) is 3.67. The molecule has 28 rings (SSSR count).